The highest BCUT2D eigenvalue weighted by molar-refractivity contribution is 5.97. The molecule has 0 saturated carbocycles. The summed E-state index contributed by atoms with van der Waals surface area (Å²) in [4.78, 5) is 17.5. The lowest BCUT2D eigenvalue weighted by Crippen LogP contribution is -2.47. The van der Waals surface area contributed by atoms with Crippen molar-refractivity contribution in [1.29, 1.82) is 0 Å². The van der Waals surface area contributed by atoms with Crippen molar-refractivity contribution in [3.05, 3.63) is 47.5 Å². The fourth-order valence-electron chi connectivity index (χ4n) is 3.78. The number of anilines is 1. The number of para-hydroxylation sites is 1. The van der Waals surface area contributed by atoms with E-state index in [-0.39, 0.29) is 5.78 Å². The van der Waals surface area contributed by atoms with Crippen molar-refractivity contribution in [2.75, 3.05) is 59.0 Å². The predicted molar refractivity (Wildman–Crippen MR) is 115 cm³/mol. The highest BCUT2D eigenvalue weighted by Gasteiger charge is 2.21. The summed E-state index contributed by atoms with van der Waals surface area (Å²) in [5.74, 6) is 1.58. The van der Waals surface area contributed by atoms with E-state index in [1.807, 2.05) is 0 Å². The summed E-state index contributed by atoms with van der Waals surface area (Å²) in [6, 6.07) is 11.9. The number of nitrogens with zero attached hydrogens (tertiary/aromatic N) is 2. The number of ether oxygens (including phenoxy) is 3. The van der Waals surface area contributed by atoms with E-state index in [4.69, 9.17) is 14.2 Å². The number of ketones is 1. The topological polar surface area (TPSA) is 51.2 Å². The molecule has 29 heavy (non-hydrogen) atoms. The van der Waals surface area contributed by atoms with E-state index in [1.165, 1.54) is 11.3 Å². The Bertz CT molecular complexity index is 820. The number of hydrogen-bond acceptors (Lipinski definition) is 6. The predicted octanol–water partition coefficient (Wildman–Crippen LogP) is 3.42. The molecule has 1 heterocycles. The van der Waals surface area contributed by atoms with Crippen LogP contribution in [-0.4, -0.2) is 64.7 Å². The molecule has 6 heteroatoms. The fourth-order valence-corrected chi connectivity index (χ4v) is 3.78. The van der Waals surface area contributed by atoms with Crippen LogP contribution in [0, 0.1) is 6.92 Å². The molecule has 2 aromatic carbocycles. The van der Waals surface area contributed by atoms with Crippen molar-refractivity contribution in [2.45, 2.75) is 13.3 Å². The molecular formula is C23H30N2O4. The van der Waals surface area contributed by atoms with E-state index in [9.17, 15) is 4.79 Å². The van der Waals surface area contributed by atoms with Crippen LogP contribution in [0.2, 0.25) is 0 Å². The second kappa shape index (κ2) is 9.65. The highest BCUT2D eigenvalue weighted by atomic mass is 16.5. The van der Waals surface area contributed by atoms with Crippen LogP contribution in [0.1, 0.15) is 22.3 Å². The Morgan fingerprint density at radius 2 is 1.55 bits per heavy atom. The number of piperazine rings is 1. The van der Waals surface area contributed by atoms with Crippen LogP contribution in [0.5, 0.6) is 17.2 Å². The molecule has 2 aromatic rings. The second-order valence-corrected chi connectivity index (χ2v) is 7.20. The van der Waals surface area contributed by atoms with Crippen LogP contribution in [0.3, 0.4) is 0 Å². The monoisotopic (exact) mass is 398 g/mol. The number of carbonyl (C=O) groups excluding carboxylic acids is 1. The SMILES string of the molecule is COc1cc(C(=O)CCN2CCN(c3ccccc3C)CC2)cc(OC)c1OC. The maximum atomic E-state index is 12.8. The molecule has 0 bridgehead atoms. The maximum Gasteiger partial charge on any atom is 0.203 e. The molecule has 0 aromatic heterocycles. The normalized spacial score (nSPS) is 14.6. The van der Waals surface area contributed by atoms with E-state index >= 15 is 0 Å². The third-order valence-electron chi connectivity index (χ3n) is 5.47. The maximum absolute atomic E-state index is 12.8. The summed E-state index contributed by atoms with van der Waals surface area (Å²) in [5.41, 5.74) is 3.19. The molecule has 3 rings (SSSR count). The van der Waals surface area contributed by atoms with Crippen molar-refractivity contribution in [3.8, 4) is 17.2 Å². The van der Waals surface area contributed by atoms with E-state index in [1.54, 1.807) is 33.5 Å². The quantitative estimate of drug-likeness (QED) is 0.635. The van der Waals surface area contributed by atoms with Gasteiger partial charge in [-0.05, 0) is 30.7 Å². The van der Waals surface area contributed by atoms with Crippen LogP contribution < -0.4 is 19.1 Å². The molecule has 1 aliphatic heterocycles. The van der Waals surface area contributed by atoms with Gasteiger partial charge < -0.3 is 19.1 Å². The van der Waals surface area contributed by atoms with Crippen molar-refractivity contribution in [2.24, 2.45) is 0 Å². The average Bonchev–Trinajstić information content (AvgIpc) is 2.77. The number of rotatable bonds is 8. The van der Waals surface area contributed by atoms with Crippen LogP contribution >= 0.6 is 0 Å². The Balaban J connectivity index is 1.57. The molecule has 1 aliphatic rings. The van der Waals surface area contributed by atoms with Crippen LogP contribution in [0.25, 0.3) is 0 Å². The molecule has 0 radical (unpaired) electrons. The minimum atomic E-state index is 0.0746. The summed E-state index contributed by atoms with van der Waals surface area (Å²) in [6.07, 6.45) is 0.461. The molecule has 0 unspecified atom stereocenters. The van der Waals surface area contributed by atoms with Gasteiger partial charge in [0.25, 0.3) is 0 Å². The Labute approximate surface area is 173 Å². The smallest absolute Gasteiger partial charge is 0.203 e. The Hall–Kier alpha value is -2.73. The van der Waals surface area contributed by atoms with Crippen LogP contribution in [-0.2, 0) is 0 Å². The van der Waals surface area contributed by atoms with Crippen LogP contribution in [0.15, 0.2) is 36.4 Å². The highest BCUT2D eigenvalue weighted by Crippen LogP contribution is 2.38. The summed E-state index contributed by atoms with van der Waals surface area (Å²) in [5, 5.41) is 0. The van der Waals surface area contributed by atoms with E-state index in [2.05, 4.69) is 41.0 Å². The zero-order valence-corrected chi connectivity index (χ0v) is 17.7. The molecule has 0 spiro atoms. The van der Waals surface area contributed by atoms with Gasteiger partial charge in [-0.3, -0.25) is 9.69 Å². The first-order valence-electron chi connectivity index (χ1n) is 9.93. The first-order valence-corrected chi connectivity index (χ1v) is 9.93. The molecule has 0 atom stereocenters. The number of Topliss-reactive ketones (excluding diaryl/α,β-unsaturated/α-hetero) is 1. The molecule has 6 nitrogen and oxygen atoms in total. The summed E-state index contributed by atoms with van der Waals surface area (Å²) in [7, 11) is 4.66. The van der Waals surface area contributed by atoms with Gasteiger partial charge in [-0.15, -0.1) is 0 Å². The third-order valence-corrected chi connectivity index (χ3v) is 5.47. The Kier molecular flexibility index (Phi) is 6.99. The molecular weight excluding hydrogens is 368 g/mol. The van der Waals surface area contributed by atoms with Crippen molar-refractivity contribution < 1.29 is 19.0 Å². The van der Waals surface area contributed by atoms with Crippen molar-refractivity contribution in [3.63, 3.8) is 0 Å². The average molecular weight is 399 g/mol. The lowest BCUT2D eigenvalue weighted by Gasteiger charge is -2.36. The first kappa shape index (κ1) is 21.0. The summed E-state index contributed by atoms with van der Waals surface area (Å²) in [6.45, 7) is 6.76. The van der Waals surface area contributed by atoms with Gasteiger partial charge in [-0.1, -0.05) is 18.2 Å². The van der Waals surface area contributed by atoms with Crippen molar-refractivity contribution in [1.82, 2.24) is 4.90 Å². The van der Waals surface area contributed by atoms with Crippen LogP contribution in [0.4, 0.5) is 5.69 Å². The fraction of sp³-hybridized carbons (Fsp3) is 0.435. The lowest BCUT2D eigenvalue weighted by atomic mass is 10.1. The number of hydrogen-bond donors (Lipinski definition) is 0. The molecule has 1 fully saturated rings. The molecule has 0 aliphatic carbocycles. The van der Waals surface area contributed by atoms with Crippen molar-refractivity contribution >= 4 is 11.5 Å². The zero-order chi connectivity index (χ0) is 20.8. The number of carbonyl (C=O) groups is 1. The van der Waals surface area contributed by atoms with Gasteiger partial charge in [-0.2, -0.15) is 0 Å². The second-order valence-electron chi connectivity index (χ2n) is 7.20. The lowest BCUT2D eigenvalue weighted by molar-refractivity contribution is 0.0961. The minimum Gasteiger partial charge on any atom is -0.493 e. The van der Waals surface area contributed by atoms with Gasteiger partial charge in [0.2, 0.25) is 5.75 Å². The summed E-state index contributed by atoms with van der Waals surface area (Å²) >= 11 is 0. The largest absolute Gasteiger partial charge is 0.493 e. The molecule has 156 valence electrons. The Morgan fingerprint density at radius 3 is 2.10 bits per heavy atom. The Morgan fingerprint density at radius 1 is 0.931 bits per heavy atom. The molecule has 0 N–H and O–H groups in total. The zero-order valence-electron chi connectivity index (χ0n) is 17.7. The van der Waals surface area contributed by atoms with Gasteiger partial charge >= 0.3 is 0 Å². The summed E-state index contributed by atoms with van der Waals surface area (Å²) < 4.78 is 16.0. The standard InChI is InChI=1S/C23H30N2O4/c1-17-7-5-6-8-19(17)25-13-11-24(12-14-25)10-9-20(26)18-15-21(27-2)23(29-4)22(16-18)28-3/h5-8,15-16H,9-14H2,1-4H3. The van der Waals surface area contributed by atoms with E-state index < -0.39 is 0 Å². The van der Waals surface area contributed by atoms with E-state index in [0.29, 0.717) is 29.2 Å². The van der Waals surface area contributed by atoms with Gasteiger partial charge in [-0.25, -0.2) is 0 Å². The minimum absolute atomic E-state index is 0.0746. The molecule has 1 saturated heterocycles. The molecule has 0 amide bonds. The third kappa shape index (κ3) is 4.82. The number of methoxy groups -OCH3 is 3. The van der Waals surface area contributed by atoms with Gasteiger partial charge in [0, 0.05) is 50.4 Å². The van der Waals surface area contributed by atoms with Gasteiger partial charge in [0.1, 0.15) is 0 Å². The number of aryl methyl sites for hydroxylation is 1. The van der Waals surface area contributed by atoms with Gasteiger partial charge in [0.15, 0.2) is 17.3 Å². The van der Waals surface area contributed by atoms with E-state index in [0.717, 1.165) is 32.7 Å². The first-order chi connectivity index (χ1) is 14.1. The number of benzene rings is 2. The van der Waals surface area contributed by atoms with Gasteiger partial charge in [0.05, 0.1) is 21.3 Å².